The van der Waals surface area contributed by atoms with Gasteiger partial charge in [-0.1, -0.05) is 17.7 Å². The molecule has 0 spiro atoms. The molecule has 0 aliphatic heterocycles. The van der Waals surface area contributed by atoms with E-state index in [2.05, 4.69) is 10.3 Å². The van der Waals surface area contributed by atoms with Gasteiger partial charge in [0.25, 0.3) is 5.91 Å². The molecule has 1 aromatic rings. The standard InChI is InChI=1S/C9H9ClN2O4/c10-7-3-1-2-5(12-7)8(14)11-4-6(13)9(15)16/h1-3,6,13H,4H2,(H,11,14)(H,15,16)/t6-/m0/s1. The van der Waals surface area contributed by atoms with Gasteiger partial charge in [-0.3, -0.25) is 4.79 Å². The minimum atomic E-state index is -1.64. The molecule has 0 unspecified atom stereocenters. The molecule has 0 radical (unpaired) electrons. The molecule has 1 rings (SSSR count). The average Bonchev–Trinajstić information content (AvgIpc) is 2.25. The van der Waals surface area contributed by atoms with Crippen molar-refractivity contribution < 1.29 is 19.8 Å². The number of hydrogen-bond acceptors (Lipinski definition) is 4. The predicted molar refractivity (Wildman–Crippen MR) is 55.2 cm³/mol. The molecule has 0 bridgehead atoms. The molecule has 16 heavy (non-hydrogen) atoms. The lowest BCUT2D eigenvalue weighted by Crippen LogP contribution is -2.36. The van der Waals surface area contributed by atoms with E-state index < -0.39 is 18.0 Å². The van der Waals surface area contributed by atoms with E-state index in [0.29, 0.717) is 0 Å². The summed E-state index contributed by atoms with van der Waals surface area (Å²) in [6.07, 6.45) is -1.64. The molecular formula is C9H9ClN2O4. The molecule has 0 aliphatic rings. The third-order valence-corrected chi connectivity index (χ3v) is 1.90. The fourth-order valence-corrected chi connectivity index (χ4v) is 1.07. The number of carbonyl (C=O) groups is 2. The summed E-state index contributed by atoms with van der Waals surface area (Å²) in [7, 11) is 0. The quantitative estimate of drug-likeness (QED) is 0.643. The summed E-state index contributed by atoms with van der Waals surface area (Å²) in [5.41, 5.74) is 0.0603. The second kappa shape index (κ2) is 5.43. The zero-order chi connectivity index (χ0) is 12.1. The Morgan fingerprint density at radius 3 is 2.75 bits per heavy atom. The number of carboxylic acids is 1. The lowest BCUT2D eigenvalue weighted by Gasteiger charge is -2.07. The Hall–Kier alpha value is -1.66. The maximum Gasteiger partial charge on any atom is 0.334 e. The largest absolute Gasteiger partial charge is 0.479 e. The smallest absolute Gasteiger partial charge is 0.334 e. The van der Waals surface area contributed by atoms with Crippen LogP contribution in [0.4, 0.5) is 0 Å². The highest BCUT2D eigenvalue weighted by molar-refractivity contribution is 6.29. The van der Waals surface area contributed by atoms with Crippen molar-refractivity contribution in [3.05, 3.63) is 29.0 Å². The lowest BCUT2D eigenvalue weighted by molar-refractivity contribution is -0.146. The van der Waals surface area contributed by atoms with Crippen LogP contribution >= 0.6 is 11.6 Å². The van der Waals surface area contributed by atoms with Crippen molar-refractivity contribution in [3.8, 4) is 0 Å². The number of hydrogen-bond donors (Lipinski definition) is 3. The maximum absolute atomic E-state index is 11.4. The molecule has 0 fully saturated rings. The first-order chi connectivity index (χ1) is 7.50. The molecule has 1 atom stereocenters. The molecule has 86 valence electrons. The minimum absolute atomic E-state index is 0.0603. The van der Waals surface area contributed by atoms with E-state index in [0.717, 1.165) is 0 Å². The Bertz CT molecular complexity index is 410. The molecule has 7 heteroatoms. The zero-order valence-corrected chi connectivity index (χ0v) is 8.81. The zero-order valence-electron chi connectivity index (χ0n) is 8.05. The monoisotopic (exact) mass is 244 g/mol. The molecule has 0 aromatic carbocycles. The van der Waals surface area contributed by atoms with E-state index in [1.165, 1.54) is 18.2 Å². The first-order valence-electron chi connectivity index (χ1n) is 4.32. The van der Waals surface area contributed by atoms with Gasteiger partial charge in [-0.05, 0) is 12.1 Å². The third-order valence-electron chi connectivity index (χ3n) is 1.69. The molecule has 1 amide bonds. The van der Waals surface area contributed by atoms with Gasteiger partial charge in [-0.25, -0.2) is 9.78 Å². The number of aliphatic hydroxyl groups excluding tert-OH is 1. The van der Waals surface area contributed by atoms with Gasteiger partial charge in [0.1, 0.15) is 10.8 Å². The number of nitrogens with zero attached hydrogens (tertiary/aromatic N) is 1. The predicted octanol–water partition coefficient (Wildman–Crippen LogP) is -0.0897. The summed E-state index contributed by atoms with van der Waals surface area (Å²) >= 11 is 5.57. The molecule has 3 N–H and O–H groups in total. The summed E-state index contributed by atoms with van der Waals surface area (Å²) in [5, 5.41) is 19.7. The second-order valence-corrected chi connectivity index (χ2v) is 3.30. The molecular weight excluding hydrogens is 236 g/mol. The third kappa shape index (κ3) is 3.48. The summed E-state index contributed by atoms with van der Waals surface area (Å²) in [6.45, 7) is -0.387. The number of aliphatic carboxylic acids is 1. The number of pyridine rings is 1. The number of carboxylic acid groups (broad SMARTS) is 1. The first-order valence-corrected chi connectivity index (χ1v) is 4.70. The van der Waals surface area contributed by atoms with Gasteiger partial charge in [0, 0.05) is 0 Å². The van der Waals surface area contributed by atoms with E-state index >= 15 is 0 Å². The van der Waals surface area contributed by atoms with Crippen LogP contribution < -0.4 is 5.32 Å². The number of carbonyl (C=O) groups excluding carboxylic acids is 1. The Labute approximate surface area is 95.9 Å². The molecule has 0 aliphatic carbocycles. The van der Waals surface area contributed by atoms with Crippen molar-refractivity contribution in [1.29, 1.82) is 0 Å². The van der Waals surface area contributed by atoms with Crippen molar-refractivity contribution in [3.63, 3.8) is 0 Å². The Kier molecular flexibility index (Phi) is 4.21. The van der Waals surface area contributed by atoms with E-state index in [1.54, 1.807) is 0 Å². The highest BCUT2D eigenvalue weighted by atomic mass is 35.5. The fourth-order valence-electron chi connectivity index (χ4n) is 0.902. The summed E-state index contributed by atoms with van der Waals surface area (Å²) in [5.74, 6) is -2.00. The van der Waals surface area contributed by atoms with Crippen LogP contribution in [0.1, 0.15) is 10.5 Å². The molecule has 1 heterocycles. The summed E-state index contributed by atoms with van der Waals surface area (Å²) < 4.78 is 0. The van der Waals surface area contributed by atoms with Gasteiger partial charge >= 0.3 is 5.97 Å². The van der Waals surface area contributed by atoms with Crippen LogP contribution in [0.15, 0.2) is 18.2 Å². The number of amides is 1. The Balaban J connectivity index is 2.56. The molecule has 0 saturated carbocycles. The number of aromatic nitrogens is 1. The van der Waals surface area contributed by atoms with Gasteiger partial charge in [0.15, 0.2) is 6.10 Å². The first kappa shape index (κ1) is 12.4. The van der Waals surface area contributed by atoms with Crippen LogP contribution in [-0.2, 0) is 4.79 Å². The SMILES string of the molecule is O=C(NC[C@H](O)C(=O)O)c1cccc(Cl)n1. The maximum atomic E-state index is 11.4. The van der Waals surface area contributed by atoms with Gasteiger partial charge in [-0.15, -0.1) is 0 Å². The van der Waals surface area contributed by atoms with Gasteiger partial charge in [0.2, 0.25) is 0 Å². The van der Waals surface area contributed by atoms with E-state index in [1.807, 2.05) is 0 Å². The fraction of sp³-hybridized carbons (Fsp3) is 0.222. The van der Waals surface area contributed by atoms with Crippen LogP contribution in [0.2, 0.25) is 5.15 Å². The van der Waals surface area contributed by atoms with Crippen LogP contribution in [0.5, 0.6) is 0 Å². The van der Waals surface area contributed by atoms with E-state index in [9.17, 15) is 9.59 Å². The average molecular weight is 245 g/mol. The molecule has 6 nitrogen and oxygen atoms in total. The lowest BCUT2D eigenvalue weighted by atomic mass is 10.3. The Morgan fingerprint density at radius 2 is 2.19 bits per heavy atom. The summed E-state index contributed by atoms with van der Waals surface area (Å²) in [4.78, 5) is 25.4. The molecule has 0 saturated heterocycles. The van der Waals surface area contributed by atoms with Crippen LogP contribution in [0.25, 0.3) is 0 Å². The Morgan fingerprint density at radius 1 is 1.50 bits per heavy atom. The van der Waals surface area contributed by atoms with Crippen LogP contribution in [0, 0.1) is 0 Å². The topological polar surface area (TPSA) is 99.5 Å². The van der Waals surface area contributed by atoms with Gasteiger partial charge < -0.3 is 15.5 Å². The highest BCUT2D eigenvalue weighted by Crippen LogP contribution is 2.04. The van der Waals surface area contributed by atoms with Crippen molar-refractivity contribution in [1.82, 2.24) is 10.3 Å². The number of aliphatic hydroxyl groups is 1. The van der Waals surface area contributed by atoms with Gasteiger partial charge in [0.05, 0.1) is 6.54 Å². The highest BCUT2D eigenvalue weighted by Gasteiger charge is 2.15. The summed E-state index contributed by atoms with van der Waals surface area (Å²) in [6, 6.07) is 4.47. The second-order valence-electron chi connectivity index (χ2n) is 2.91. The van der Waals surface area contributed by atoms with E-state index in [4.69, 9.17) is 21.8 Å². The minimum Gasteiger partial charge on any atom is -0.479 e. The van der Waals surface area contributed by atoms with Gasteiger partial charge in [-0.2, -0.15) is 0 Å². The van der Waals surface area contributed by atoms with Crippen molar-refractivity contribution in [2.45, 2.75) is 6.10 Å². The van der Waals surface area contributed by atoms with Crippen molar-refractivity contribution in [2.75, 3.05) is 6.54 Å². The number of nitrogens with one attached hydrogen (secondary N) is 1. The van der Waals surface area contributed by atoms with Crippen molar-refractivity contribution in [2.24, 2.45) is 0 Å². The number of halogens is 1. The number of rotatable bonds is 4. The van der Waals surface area contributed by atoms with Crippen LogP contribution in [-0.4, -0.2) is 39.7 Å². The van der Waals surface area contributed by atoms with Crippen LogP contribution in [0.3, 0.4) is 0 Å². The van der Waals surface area contributed by atoms with E-state index in [-0.39, 0.29) is 17.4 Å². The molecule has 1 aromatic heterocycles. The van der Waals surface area contributed by atoms with Crippen molar-refractivity contribution >= 4 is 23.5 Å². The normalized spacial score (nSPS) is 11.9.